The van der Waals surface area contributed by atoms with Gasteiger partial charge in [-0.1, -0.05) is 13.8 Å². The van der Waals surface area contributed by atoms with Gasteiger partial charge in [-0.2, -0.15) is 0 Å². The van der Waals surface area contributed by atoms with Crippen LogP contribution in [0.25, 0.3) is 0 Å². The molecule has 3 heteroatoms. The molecule has 2 rings (SSSR count). The van der Waals surface area contributed by atoms with E-state index in [2.05, 4.69) is 30.2 Å². The Bertz CT molecular complexity index is 465. The molecule has 0 saturated heterocycles. The number of nitrogens with one attached hydrogen (secondary N) is 1. The van der Waals surface area contributed by atoms with Gasteiger partial charge >= 0.3 is 0 Å². The molecular formula is C15H20N2O. The Kier molecular flexibility index (Phi) is 4.53. The van der Waals surface area contributed by atoms with Gasteiger partial charge in [0.15, 0.2) is 0 Å². The SMILES string of the molecule is CCCNC(c1ccco1)c1ccncc1CC. The zero-order valence-corrected chi connectivity index (χ0v) is 11.0. The standard InChI is InChI=1S/C15H20N2O/c1-3-8-17-15(14-6-5-10-18-14)13-7-9-16-11-12(13)4-2/h5-7,9-11,15,17H,3-4,8H2,1-2H3. The maximum Gasteiger partial charge on any atom is 0.125 e. The first-order chi connectivity index (χ1) is 8.86. The molecule has 0 aliphatic heterocycles. The van der Waals surface area contributed by atoms with Gasteiger partial charge < -0.3 is 9.73 Å². The first-order valence-corrected chi connectivity index (χ1v) is 6.56. The molecule has 3 nitrogen and oxygen atoms in total. The highest BCUT2D eigenvalue weighted by Crippen LogP contribution is 2.25. The highest BCUT2D eigenvalue weighted by atomic mass is 16.3. The third-order valence-corrected chi connectivity index (χ3v) is 3.06. The normalized spacial score (nSPS) is 12.6. The Morgan fingerprint density at radius 3 is 2.89 bits per heavy atom. The Labute approximate surface area is 108 Å². The maximum absolute atomic E-state index is 5.56. The van der Waals surface area contributed by atoms with E-state index in [1.807, 2.05) is 24.5 Å². The van der Waals surface area contributed by atoms with Crippen molar-refractivity contribution in [2.45, 2.75) is 32.7 Å². The highest BCUT2D eigenvalue weighted by Gasteiger charge is 2.18. The number of nitrogens with zero attached hydrogens (tertiary/aromatic N) is 1. The Hall–Kier alpha value is -1.61. The summed E-state index contributed by atoms with van der Waals surface area (Å²) < 4.78 is 5.56. The summed E-state index contributed by atoms with van der Waals surface area (Å²) in [7, 11) is 0. The van der Waals surface area contributed by atoms with Gasteiger partial charge in [0.05, 0.1) is 12.3 Å². The molecule has 1 N–H and O–H groups in total. The molecule has 0 aliphatic rings. The fourth-order valence-corrected chi connectivity index (χ4v) is 2.12. The topological polar surface area (TPSA) is 38.1 Å². The number of hydrogen-bond acceptors (Lipinski definition) is 3. The molecule has 0 radical (unpaired) electrons. The summed E-state index contributed by atoms with van der Waals surface area (Å²) in [6.07, 6.45) is 7.59. The molecule has 96 valence electrons. The molecule has 2 aromatic rings. The van der Waals surface area contributed by atoms with E-state index in [9.17, 15) is 0 Å². The minimum Gasteiger partial charge on any atom is -0.467 e. The van der Waals surface area contributed by atoms with Crippen LogP contribution in [0.3, 0.4) is 0 Å². The smallest absolute Gasteiger partial charge is 0.125 e. The van der Waals surface area contributed by atoms with E-state index in [0.29, 0.717) is 0 Å². The lowest BCUT2D eigenvalue weighted by atomic mass is 9.99. The molecule has 2 heterocycles. The maximum atomic E-state index is 5.56. The molecule has 0 aromatic carbocycles. The second kappa shape index (κ2) is 6.36. The van der Waals surface area contributed by atoms with E-state index in [1.54, 1.807) is 6.26 Å². The molecule has 0 fully saturated rings. The fraction of sp³-hybridized carbons (Fsp3) is 0.400. The second-order valence-electron chi connectivity index (χ2n) is 4.33. The predicted octanol–water partition coefficient (Wildman–Crippen LogP) is 3.33. The lowest BCUT2D eigenvalue weighted by Crippen LogP contribution is -2.23. The van der Waals surface area contributed by atoms with Crippen LogP contribution in [0.2, 0.25) is 0 Å². The van der Waals surface area contributed by atoms with Gasteiger partial charge in [-0.05, 0) is 48.7 Å². The van der Waals surface area contributed by atoms with Crippen LogP contribution in [0.15, 0.2) is 41.3 Å². The van der Waals surface area contributed by atoms with Gasteiger partial charge in [0.1, 0.15) is 5.76 Å². The Morgan fingerprint density at radius 2 is 2.22 bits per heavy atom. The number of aromatic nitrogens is 1. The summed E-state index contributed by atoms with van der Waals surface area (Å²) in [5.41, 5.74) is 2.53. The van der Waals surface area contributed by atoms with E-state index in [0.717, 1.165) is 25.1 Å². The summed E-state index contributed by atoms with van der Waals surface area (Å²) in [6, 6.07) is 6.16. The van der Waals surface area contributed by atoms with Crippen molar-refractivity contribution < 1.29 is 4.42 Å². The van der Waals surface area contributed by atoms with Crippen molar-refractivity contribution in [2.24, 2.45) is 0 Å². The molecule has 1 atom stereocenters. The van der Waals surface area contributed by atoms with Crippen LogP contribution in [0.5, 0.6) is 0 Å². The van der Waals surface area contributed by atoms with Crippen LogP contribution in [-0.4, -0.2) is 11.5 Å². The molecule has 0 bridgehead atoms. The van der Waals surface area contributed by atoms with Crippen LogP contribution in [0, 0.1) is 0 Å². The van der Waals surface area contributed by atoms with Crippen LogP contribution in [-0.2, 0) is 6.42 Å². The minimum absolute atomic E-state index is 0.123. The van der Waals surface area contributed by atoms with Gasteiger partial charge in [-0.3, -0.25) is 4.98 Å². The monoisotopic (exact) mass is 244 g/mol. The zero-order chi connectivity index (χ0) is 12.8. The number of pyridine rings is 1. The zero-order valence-electron chi connectivity index (χ0n) is 11.0. The van der Waals surface area contributed by atoms with Crippen LogP contribution < -0.4 is 5.32 Å². The van der Waals surface area contributed by atoms with Gasteiger partial charge in [0, 0.05) is 12.4 Å². The minimum atomic E-state index is 0.123. The fourth-order valence-electron chi connectivity index (χ4n) is 2.12. The van der Waals surface area contributed by atoms with Crippen LogP contribution in [0.1, 0.15) is 43.2 Å². The van der Waals surface area contributed by atoms with Crippen molar-refractivity contribution in [1.29, 1.82) is 0 Å². The lowest BCUT2D eigenvalue weighted by molar-refractivity contribution is 0.445. The number of hydrogen-bond donors (Lipinski definition) is 1. The summed E-state index contributed by atoms with van der Waals surface area (Å²) >= 11 is 0. The van der Waals surface area contributed by atoms with Gasteiger partial charge in [-0.25, -0.2) is 0 Å². The predicted molar refractivity (Wildman–Crippen MR) is 72.5 cm³/mol. The molecule has 2 aromatic heterocycles. The molecule has 1 unspecified atom stereocenters. The summed E-state index contributed by atoms with van der Waals surface area (Å²) in [5.74, 6) is 0.962. The van der Waals surface area contributed by atoms with Crippen LogP contribution in [0.4, 0.5) is 0 Å². The molecule has 0 spiro atoms. The molecule has 0 amide bonds. The lowest BCUT2D eigenvalue weighted by Gasteiger charge is -2.19. The third kappa shape index (κ3) is 2.79. The van der Waals surface area contributed by atoms with Gasteiger partial charge in [0.2, 0.25) is 0 Å². The molecule has 0 aliphatic carbocycles. The highest BCUT2D eigenvalue weighted by molar-refractivity contribution is 5.32. The molecular weight excluding hydrogens is 224 g/mol. The van der Waals surface area contributed by atoms with E-state index in [1.165, 1.54) is 11.1 Å². The second-order valence-corrected chi connectivity index (χ2v) is 4.33. The summed E-state index contributed by atoms with van der Waals surface area (Å²) in [6.45, 7) is 5.29. The first-order valence-electron chi connectivity index (χ1n) is 6.56. The van der Waals surface area contributed by atoms with E-state index in [-0.39, 0.29) is 6.04 Å². The first kappa shape index (κ1) is 12.8. The van der Waals surface area contributed by atoms with Crippen LogP contribution >= 0.6 is 0 Å². The summed E-state index contributed by atoms with van der Waals surface area (Å²) in [4.78, 5) is 4.20. The number of rotatable bonds is 6. The van der Waals surface area contributed by atoms with E-state index < -0.39 is 0 Å². The van der Waals surface area contributed by atoms with Gasteiger partial charge in [-0.15, -0.1) is 0 Å². The van der Waals surface area contributed by atoms with Crippen molar-refractivity contribution in [2.75, 3.05) is 6.54 Å². The van der Waals surface area contributed by atoms with E-state index >= 15 is 0 Å². The third-order valence-electron chi connectivity index (χ3n) is 3.06. The number of furan rings is 1. The molecule has 0 saturated carbocycles. The summed E-state index contributed by atoms with van der Waals surface area (Å²) in [5, 5.41) is 3.54. The van der Waals surface area contributed by atoms with Crippen molar-refractivity contribution in [3.63, 3.8) is 0 Å². The average molecular weight is 244 g/mol. The van der Waals surface area contributed by atoms with Crippen molar-refractivity contribution >= 4 is 0 Å². The quantitative estimate of drug-likeness (QED) is 0.847. The number of aryl methyl sites for hydroxylation is 1. The largest absolute Gasteiger partial charge is 0.467 e. The Morgan fingerprint density at radius 1 is 1.33 bits per heavy atom. The molecule has 18 heavy (non-hydrogen) atoms. The van der Waals surface area contributed by atoms with Crippen molar-refractivity contribution in [3.05, 3.63) is 53.7 Å². The van der Waals surface area contributed by atoms with Crippen molar-refractivity contribution in [1.82, 2.24) is 10.3 Å². The van der Waals surface area contributed by atoms with Crippen molar-refractivity contribution in [3.8, 4) is 0 Å². The van der Waals surface area contributed by atoms with Gasteiger partial charge in [0.25, 0.3) is 0 Å². The average Bonchev–Trinajstić information content (AvgIpc) is 2.94. The van der Waals surface area contributed by atoms with E-state index in [4.69, 9.17) is 4.42 Å². The Balaban J connectivity index is 2.33.